The molecule has 9 nitrogen and oxygen atoms in total. The lowest BCUT2D eigenvalue weighted by atomic mass is 10.0. The maximum absolute atomic E-state index is 15.8. The fourth-order valence-corrected chi connectivity index (χ4v) is 7.01. The molecular formula is C31H34ClF5N6O3. The number of carbonyl (C=O) groups is 1. The van der Waals surface area contributed by atoms with Crippen molar-refractivity contribution in [2.75, 3.05) is 38.7 Å². The van der Waals surface area contributed by atoms with E-state index in [1.807, 2.05) is 6.92 Å². The van der Waals surface area contributed by atoms with Crippen LogP contribution in [0.4, 0.5) is 27.8 Å². The number of likely N-dealkylation sites (N-methyl/N-ethyl adjacent to an activating group) is 1. The highest BCUT2D eigenvalue weighted by Crippen LogP contribution is 2.44. The van der Waals surface area contributed by atoms with Gasteiger partial charge in [0.25, 0.3) is 0 Å². The number of likely N-dealkylation sites (tertiary alicyclic amines) is 1. The molecule has 0 bridgehead atoms. The van der Waals surface area contributed by atoms with Crippen LogP contribution in [-0.2, 0) is 11.0 Å². The smallest absolute Gasteiger partial charge is 0.418 e. The maximum atomic E-state index is 15.8. The molecule has 6 rings (SSSR count). The van der Waals surface area contributed by atoms with Gasteiger partial charge < -0.3 is 19.6 Å². The Morgan fingerprint density at radius 2 is 1.98 bits per heavy atom. The molecule has 15 heteroatoms. The Labute approximate surface area is 267 Å². The van der Waals surface area contributed by atoms with Gasteiger partial charge in [-0.1, -0.05) is 18.2 Å². The highest BCUT2D eigenvalue weighted by molar-refractivity contribution is 6.32. The van der Waals surface area contributed by atoms with E-state index < -0.39 is 45.8 Å². The predicted octanol–water partition coefficient (Wildman–Crippen LogP) is 6.02. The van der Waals surface area contributed by atoms with Gasteiger partial charge >= 0.3 is 12.2 Å². The zero-order chi connectivity index (χ0) is 33.5. The van der Waals surface area contributed by atoms with Crippen molar-refractivity contribution in [1.82, 2.24) is 24.8 Å². The number of nitrogens with zero attached hydrogens (tertiary/aromatic N) is 6. The molecule has 3 aromatic rings. The van der Waals surface area contributed by atoms with Gasteiger partial charge in [-0.15, -0.1) is 0 Å². The van der Waals surface area contributed by atoms with Crippen LogP contribution >= 0.6 is 11.6 Å². The number of carbonyl (C=O) groups excluding carboxylic acids is 1. The first-order valence-electron chi connectivity index (χ1n) is 14.8. The van der Waals surface area contributed by atoms with Crippen LogP contribution in [0.3, 0.4) is 0 Å². The molecule has 0 aliphatic carbocycles. The zero-order valence-electron chi connectivity index (χ0n) is 25.5. The highest BCUT2D eigenvalue weighted by atomic mass is 35.5. The second-order valence-corrected chi connectivity index (χ2v) is 12.0. The molecule has 3 aliphatic heterocycles. The van der Waals surface area contributed by atoms with E-state index in [-0.39, 0.29) is 40.7 Å². The quantitative estimate of drug-likeness (QED) is 0.261. The number of phenols is 1. The van der Waals surface area contributed by atoms with Crippen LogP contribution in [0.15, 0.2) is 31.0 Å². The third-order valence-corrected chi connectivity index (χ3v) is 9.20. The number of aromatic nitrogens is 3. The van der Waals surface area contributed by atoms with E-state index in [0.717, 1.165) is 25.2 Å². The molecule has 3 aliphatic rings. The molecule has 1 N–H and O–H groups in total. The maximum Gasteiger partial charge on any atom is 0.418 e. The summed E-state index contributed by atoms with van der Waals surface area (Å²) in [5.74, 6) is -1.78. The topological polar surface area (TPSA) is 94.9 Å². The highest BCUT2D eigenvalue weighted by Gasteiger charge is 2.39. The molecule has 4 atom stereocenters. The molecule has 5 heterocycles. The average Bonchev–Trinajstić information content (AvgIpc) is 3.70. The van der Waals surface area contributed by atoms with Crippen molar-refractivity contribution in [3.05, 3.63) is 47.4 Å². The fraction of sp³-hybridized carbons (Fsp3) is 0.484. The number of hydrogen-bond acceptors (Lipinski definition) is 8. The third-order valence-electron chi connectivity index (χ3n) is 8.90. The Hall–Kier alpha value is -3.78. The number of pyridine rings is 1. The normalized spacial score (nSPS) is 22.8. The van der Waals surface area contributed by atoms with Gasteiger partial charge in [-0.05, 0) is 57.4 Å². The molecule has 3 fully saturated rings. The lowest BCUT2D eigenvalue weighted by Gasteiger charge is -2.31. The Morgan fingerprint density at radius 3 is 2.63 bits per heavy atom. The Morgan fingerprint density at radius 1 is 1.24 bits per heavy atom. The number of rotatable bonds is 5. The number of phenolic OH excluding ortho intramolecular Hbond substituents is 1. The van der Waals surface area contributed by atoms with Crippen LogP contribution in [-0.4, -0.2) is 93.9 Å². The molecule has 1 amide bonds. The second kappa shape index (κ2) is 13.1. The van der Waals surface area contributed by atoms with E-state index in [4.69, 9.17) is 16.3 Å². The standard InChI is InChI=1S/C24H22ClF4N5O3.C7H12FN/c1-5-17(36)34-7-6-16(11(34)2)33(3)22-14-10-30-20(19(26)21(14)31-23(32-22)37-4)13-8-12(35)9-15(25)18(13)24(27,28)29;8-6-4-7-2-1-3-9(7)5-6/h5,8-11,16,35H,1,6-7H2,2-4H3;6-7H,1-5H2. The third kappa shape index (κ3) is 6.41. The summed E-state index contributed by atoms with van der Waals surface area (Å²) in [5, 5.41) is 9.19. The van der Waals surface area contributed by atoms with Gasteiger partial charge in [0.15, 0.2) is 5.82 Å². The van der Waals surface area contributed by atoms with Crippen molar-refractivity contribution < 1.29 is 36.6 Å². The van der Waals surface area contributed by atoms with Crippen molar-refractivity contribution in [2.45, 2.75) is 63.1 Å². The fourth-order valence-electron chi connectivity index (χ4n) is 6.69. The van der Waals surface area contributed by atoms with Gasteiger partial charge in [0.05, 0.1) is 29.1 Å². The minimum absolute atomic E-state index is 0.116. The van der Waals surface area contributed by atoms with E-state index >= 15 is 4.39 Å². The van der Waals surface area contributed by atoms with Crippen LogP contribution in [0, 0.1) is 5.82 Å². The first-order chi connectivity index (χ1) is 21.7. The molecule has 0 saturated carbocycles. The number of halogens is 6. The van der Waals surface area contributed by atoms with Crippen molar-refractivity contribution in [3.8, 4) is 23.0 Å². The minimum atomic E-state index is -4.95. The number of aromatic hydroxyl groups is 1. The first-order valence-corrected chi connectivity index (χ1v) is 15.2. The number of alkyl halides is 4. The summed E-state index contributed by atoms with van der Waals surface area (Å²) >= 11 is 5.77. The van der Waals surface area contributed by atoms with E-state index in [1.165, 1.54) is 26.0 Å². The molecule has 2 aromatic heterocycles. The largest absolute Gasteiger partial charge is 0.508 e. The lowest BCUT2D eigenvalue weighted by Crippen LogP contribution is -2.43. The van der Waals surface area contributed by atoms with Crippen LogP contribution in [0.2, 0.25) is 5.02 Å². The van der Waals surface area contributed by atoms with Crippen molar-refractivity contribution >= 4 is 34.2 Å². The van der Waals surface area contributed by atoms with E-state index in [9.17, 15) is 27.5 Å². The summed E-state index contributed by atoms with van der Waals surface area (Å²) in [4.78, 5) is 30.2. The molecule has 4 unspecified atom stereocenters. The Bertz CT molecular complexity index is 1630. The second-order valence-electron chi connectivity index (χ2n) is 11.6. The molecule has 0 radical (unpaired) electrons. The van der Waals surface area contributed by atoms with Gasteiger partial charge in [-0.25, -0.2) is 8.78 Å². The molecular weight excluding hydrogens is 635 g/mol. The number of amides is 1. The number of methoxy groups -OCH3 is 1. The molecule has 3 saturated heterocycles. The number of anilines is 1. The van der Waals surface area contributed by atoms with Crippen LogP contribution < -0.4 is 9.64 Å². The van der Waals surface area contributed by atoms with Gasteiger partial charge in [0.1, 0.15) is 28.9 Å². The SMILES string of the molecule is C=CC(=O)N1CCC(N(C)c2nc(OC)nc3c(F)c(-c4cc(O)cc(Cl)c4C(F)(F)F)ncc23)C1C.FC1CC2CCCN2C1. The van der Waals surface area contributed by atoms with Gasteiger partial charge in [0.2, 0.25) is 5.91 Å². The summed E-state index contributed by atoms with van der Waals surface area (Å²) < 4.78 is 74.9. The predicted molar refractivity (Wildman–Crippen MR) is 163 cm³/mol. The number of benzene rings is 1. The molecule has 0 spiro atoms. The molecule has 248 valence electrons. The number of hydrogen-bond donors (Lipinski definition) is 1. The Balaban J connectivity index is 0.000000393. The van der Waals surface area contributed by atoms with Crippen LogP contribution in [0.1, 0.15) is 38.2 Å². The molecule has 46 heavy (non-hydrogen) atoms. The van der Waals surface area contributed by atoms with Gasteiger partial charge in [0, 0.05) is 44.0 Å². The summed E-state index contributed by atoms with van der Waals surface area (Å²) in [5.41, 5.74) is -3.13. The van der Waals surface area contributed by atoms with Gasteiger partial charge in [-0.3, -0.25) is 14.7 Å². The Kier molecular flexibility index (Phi) is 9.60. The van der Waals surface area contributed by atoms with E-state index in [2.05, 4.69) is 26.4 Å². The van der Waals surface area contributed by atoms with Crippen molar-refractivity contribution in [1.29, 1.82) is 0 Å². The van der Waals surface area contributed by atoms with E-state index in [0.29, 0.717) is 31.6 Å². The summed E-state index contributed by atoms with van der Waals surface area (Å²) in [6.07, 6.45) is 0.823. The lowest BCUT2D eigenvalue weighted by molar-refractivity contribution is -0.137. The summed E-state index contributed by atoms with van der Waals surface area (Å²) in [6.45, 7) is 7.70. The van der Waals surface area contributed by atoms with Crippen LogP contribution in [0.5, 0.6) is 11.8 Å². The number of ether oxygens (including phenoxy) is 1. The average molecular weight is 669 g/mol. The van der Waals surface area contributed by atoms with E-state index in [1.54, 1.807) is 16.8 Å². The minimum Gasteiger partial charge on any atom is -0.508 e. The summed E-state index contributed by atoms with van der Waals surface area (Å²) in [7, 11) is 2.97. The number of fused-ring (bicyclic) bond motifs is 2. The monoisotopic (exact) mass is 668 g/mol. The summed E-state index contributed by atoms with van der Waals surface area (Å²) in [6, 6.07) is 1.38. The van der Waals surface area contributed by atoms with Crippen LogP contribution in [0.25, 0.3) is 22.2 Å². The van der Waals surface area contributed by atoms with Crippen molar-refractivity contribution in [2.24, 2.45) is 0 Å². The zero-order valence-corrected chi connectivity index (χ0v) is 26.2. The van der Waals surface area contributed by atoms with Crippen molar-refractivity contribution in [3.63, 3.8) is 0 Å². The molecule has 1 aromatic carbocycles. The first kappa shape index (κ1) is 33.6. The van der Waals surface area contributed by atoms with Gasteiger partial charge in [-0.2, -0.15) is 23.1 Å².